The number of ketones is 1. The molecular weight excluding hydrogens is 200 g/mol. The zero-order chi connectivity index (χ0) is 11.4. The van der Waals surface area contributed by atoms with Crippen molar-refractivity contribution in [3.8, 4) is 0 Å². The number of nitrogens with zero attached hydrogens (tertiary/aromatic N) is 1. The van der Waals surface area contributed by atoms with E-state index in [1.807, 2.05) is 19.4 Å². The Bertz CT molecular complexity index is 340. The number of carbonyl (C=O) groups excluding carboxylic acids is 1. The van der Waals surface area contributed by atoms with Crippen LogP contribution in [0.4, 0.5) is 0 Å². The molecule has 1 unspecified atom stereocenters. The van der Waals surface area contributed by atoms with Gasteiger partial charge in [0.1, 0.15) is 5.78 Å². The topological polar surface area (TPSA) is 42.0 Å². The number of carbonyl (C=O) groups is 1. The van der Waals surface area contributed by atoms with Gasteiger partial charge in [0.05, 0.1) is 0 Å². The zero-order valence-corrected chi connectivity index (χ0v) is 9.65. The van der Waals surface area contributed by atoms with Crippen LogP contribution in [0.5, 0.6) is 0 Å². The van der Waals surface area contributed by atoms with E-state index in [2.05, 4.69) is 22.4 Å². The lowest BCUT2D eigenvalue weighted by molar-refractivity contribution is -0.121. The van der Waals surface area contributed by atoms with Gasteiger partial charge in [-0.25, -0.2) is 0 Å². The fourth-order valence-corrected chi connectivity index (χ4v) is 2.54. The van der Waals surface area contributed by atoms with Crippen molar-refractivity contribution in [2.75, 3.05) is 7.05 Å². The van der Waals surface area contributed by atoms with Crippen molar-refractivity contribution in [3.63, 3.8) is 0 Å². The van der Waals surface area contributed by atoms with Crippen molar-refractivity contribution in [2.45, 2.75) is 31.7 Å². The molecule has 16 heavy (non-hydrogen) atoms. The lowest BCUT2D eigenvalue weighted by Crippen LogP contribution is -2.28. The van der Waals surface area contributed by atoms with E-state index in [1.165, 1.54) is 5.56 Å². The summed E-state index contributed by atoms with van der Waals surface area (Å²) in [6.45, 7) is 0. The molecule has 0 aromatic carbocycles. The molecule has 86 valence electrons. The molecule has 0 saturated heterocycles. The molecule has 3 heteroatoms. The Morgan fingerprint density at radius 2 is 1.94 bits per heavy atom. The van der Waals surface area contributed by atoms with Crippen LogP contribution in [0.1, 0.15) is 37.3 Å². The number of hydrogen-bond acceptors (Lipinski definition) is 3. The minimum absolute atomic E-state index is 0.358. The minimum atomic E-state index is 0.358. The van der Waals surface area contributed by atoms with E-state index in [-0.39, 0.29) is 0 Å². The van der Waals surface area contributed by atoms with Gasteiger partial charge in [-0.3, -0.25) is 9.78 Å². The highest BCUT2D eigenvalue weighted by molar-refractivity contribution is 5.79. The maximum absolute atomic E-state index is 11.2. The smallest absolute Gasteiger partial charge is 0.132 e. The highest BCUT2D eigenvalue weighted by atomic mass is 16.1. The molecule has 1 aromatic heterocycles. The molecule has 1 aromatic rings. The van der Waals surface area contributed by atoms with Gasteiger partial charge in [-0.05, 0) is 43.5 Å². The monoisotopic (exact) mass is 218 g/mol. The van der Waals surface area contributed by atoms with Crippen molar-refractivity contribution in [3.05, 3.63) is 30.1 Å². The molecule has 1 N–H and O–H groups in total. The Morgan fingerprint density at radius 3 is 2.50 bits per heavy atom. The van der Waals surface area contributed by atoms with Crippen LogP contribution >= 0.6 is 0 Å². The standard InChI is InChI=1S/C13H18N2O/c1-14-13(11-6-8-15-9-7-11)10-2-4-12(16)5-3-10/h6-10,13-14H,2-5H2,1H3. The third-order valence-electron chi connectivity index (χ3n) is 3.44. The lowest BCUT2D eigenvalue weighted by atomic mass is 9.81. The first-order valence-electron chi connectivity index (χ1n) is 5.90. The summed E-state index contributed by atoms with van der Waals surface area (Å²) < 4.78 is 0. The van der Waals surface area contributed by atoms with E-state index in [1.54, 1.807) is 0 Å². The van der Waals surface area contributed by atoms with Gasteiger partial charge < -0.3 is 5.32 Å². The van der Waals surface area contributed by atoms with Crippen LogP contribution < -0.4 is 5.32 Å². The largest absolute Gasteiger partial charge is 0.313 e. The second-order valence-corrected chi connectivity index (χ2v) is 4.42. The zero-order valence-electron chi connectivity index (χ0n) is 9.65. The fraction of sp³-hybridized carbons (Fsp3) is 0.538. The Labute approximate surface area is 96.3 Å². The number of Topliss-reactive ketones (excluding diaryl/α,β-unsaturated/α-hetero) is 1. The van der Waals surface area contributed by atoms with Gasteiger partial charge >= 0.3 is 0 Å². The molecule has 2 rings (SSSR count). The molecule has 1 aliphatic rings. The second kappa shape index (κ2) is 5.21. The third-order valence-corrected chi connectivity index (χ3v) is 3.44. The van der Waals surface area contributed by atoms with Crippen molar-refractivity contribution >= 4 is 5.78 Å². The van der Waals surface area contributed by atoms with Crippen LogP contribution in [0.15, 0.2) is 24.5 Å². The van der Waals surface area contributed by atoms with E-state index in [4.69, 9.17) is 0 Å². The lowest BCUT2D eigenvalue weighted by Gasteiger charge is -2.29. The van der Waals surface area contributed by atoms with E-state index in [9.17, 15) is 4.79 Å². The van der Waals surface area contributed by atoms with Gasteiger partial charge in [0.15, 0.2) is 0 Å². The number of nitrogens with one attached hydrogen (secondary N) is 1. The average Bonchev–Trinajstić information content (AvgIpc) is 2.34. The maximum Gasteiger partial charge on any atom is 0.132 e. The summed E-state index contributed by atoms with van der Waals surface area (Å²) in [5.74, 6) is 0.992. The number of hydrogen-bond donors (Lipinski definition) is 1. The quantitative estimate of drug-likeness (QED) is 0.844. The van der Waals surface area contributed by atoms with Gasteiger partial charge in [0.2, 0.25) is 0 Å². The van der Waals surface area contributed by atoms with Crippen molar-refractivity contribution in [2.24, 2.45) is 5.92 Å². The van der Waals surface area contributed by atoms with Gasteiger partial charge in [-0.2, -0.15) is 0 Å². The van der Waals surface area contributed by atoms with E-state index in [0.717, 1.165) is 25.7 Å². The molecule has 1 heterocycles. The Balaban J connectivity index is 2.08. The van der Waals surface area contributed by atoms with E-state index in [0.29, 0.717) is 17.7 Å². The summed E-state index contributed by atoms with van der Waals surface area (Å²) in [7, 11) is 1.99. The average molecular weight is 218 g/mol. The summed E-state index contributed by atoms with van der Waals surface area (Å²) in [5, 5.41) is 3.36. The van der Waals surface area contributed by atoms with E-state index >= 15 is 0 Å². The Hall–Kier alpha value is -1.22. The molecular formula is C13H18N2O. The molecule has 0 aliphatic heterocycles. The Morgan fingerprint density at radius 1 is 1.31 bits per heavy atom. The molecule has 1 aliphatic carbocycles. The SMILES string of the molecule is CNC(c1ccncc1)C1CCC(=O)CC1. The predicted molar refractivity (Wildman–Crippen MR) is 63.0 cm³/mol. The first-order valence-corrected chi connectivity index (χ1v) is 5.90. The first-order chi connectivity index (χ1) is 7.81. The maximum atomic E-state index is 11.2. The van der Waals surface area contributed by atoms with Gasteiger partial charge in [-0.15, -0.1) is 0 Å². The highest BCUT2D eigenvalue weighted by Crippen LogP contribution is 2.32. The molecule has 0 spiro atoms. The molecule has 3 nitrogen and oxygen atoms in total. The van der Waals surface area contributed by atoms with Crippen LogP contribution in [0.2, 0.25) is 0 Å². The van der Waals surface area contributed by atoms with Crippen molar-refractivity contribution in [1.82, 2.24) is 10.3 Å². The summed E-state index contributed by atoms with van der Waals surface area (Å²) >= 11 is 0. The van der Waals surface area contributed by atoms with Crippen molar-refractivity contribution in [1.29, 1.82) is 0 Å². The number of pyridine rings is 1. The van der Waals surface area contributed by atoms with Crippen LogP contribution in [0, 0.1) is 5.92 Å². The third kappa shape index (κ3) is 2.47. The molecule has 0 radical (unpaired) electrons. The first kappa shape index (κ1) is 11.3. The van der Waals surface area contributed by atoms with Crippen LogP contribution in [0.25, 0.3) is 0 Å². The Kier molecular flexibility index (Phi) is 3.67. The van der Waals surface area contributed by atoms with Crippen LogP contribution in [-0.2, 0) is 4.79 Å². The van der Waals surface area contributed by atoms with Gasteiger partial charge in [-0.1, -0.05) is 0 Å². The second-order valence-electron chi connectivity index (χ2n) is 4.42. The summed E-state index contributed by atoms with van der Waals surface area (Å²) in [6, 6.07) is 4.46. The molecule has 1 saturated carbocycles. The molecule has 0 amide bonds. The van der Waals surface area contributed by atoms with Crippen LogP contribution in [0.3, 0.4) is 0 Å². The molecule has 1 fully saturated rings. The summed E-state index contributed by atoms with van der Waals surface area (Å²) in [6.07, 6.45) is 7.16. The van der Waals surface area contributed by atoms with E-state index < -0.39 is 0 Å². The molecule has 0 bridgehead atoms. The van der Waals surface area contributed by atoms with Crippen molar-refractivity contribution < 1.29 is 4.79 Å². The van der Waals surface area contributed by atoms with Gasteiger partial charge in [0, 0.05) is 31.3 Å². The summed E-state index contributed by atoms with van der Waals surface area (Å²) in [5.41, 5.74) is 1.27. The number of rotatable bonds is 3. The van der Waals surface area contributed by atoms with Gasteiger partial charge in [0.25, 0.3) is 0 Å². The predicted octanol–water partition coefficient (Wildman–Crippen LogP) is 2.10. The number of aromatic nitrogens is 1. The minimum Gasteiger partial charge on any atom is -0.313 e. The van der Waals surface area contributed by atoms with Crippen LogP contribution in [-0.4, -0.2) is 17.8 Å². The summed E-state index contributed by atoms with van der Waals surface area (Å²) in [4.78, 5) is 15.3. The normalized spacial score (nSPS) is 19.7. The molecule has 1 atom stereocenters. The highest BCUT2D eigenvalue weighted by Gasteiger charge is 2.26. The fourth-order valence-electron chi connectivity index (χ4n) is 2.54.